The second kappa shape index (κ2) is 7.24. The Morgan fingerprint density at radius 1 is 1.48 bits per heavy atom. The minimum Gasteiger partial charge on any atom is -0.395 e. The highest BCUT2D eigenvalue weighted by molar-refractivity contribution is 5.78. The smallest absolute Gasteiger partial charge is 0.223 e. The molecule has 0 spiro atoms. The molecule has 3 nitrogen and oxygen atoms in total. The maximum absolute atomic E-state index is 13.4. The summed E-state index contributed by atoms with van der Waals surface area (Å²) in [5.74, 6) is 5.92. The van der Waals surface area contributed by atoms with Crippen molar-refractivity contribution in [3.63, 3.8) is 0 Å². The van der Waals surface area contributed by atoms with Gasteiger partial charge in [-0.3, -0.25) is 4.79 Å². The summed E-state index contributed by atoms with van der Waals surface area (Å²) in [6.07, 6.45) is 1.95. The second-order valence-electron chi connectivity index (χ2n) is 5.33. The van der Waals surface area contributed by atoms with Crippen LogP contribution in [0.15, 0.2) is 18.2 Å². The van der Waals surface area contributed by atoms with Gasteiger partial charge in [-0.2, -0.15) is 0 Å². The molecule has 1 amide bonds. The summed E-state index contributed by atoms with van der Waals surface area (Å²) in [6, 6.07) is 4.47. The van der Waals surface area contributed by atoms with E-state index in [1.54, 1.807) is 6.07 Å². The molecule has 1 N–H and O–H groups in total. The van der Waals surface area contributed by atoms with Gasteiger partial charge in [-0.05, 0) is 23.6 Å². The Morgan fingerprint density at radius 3 is 2.95 bits per heavy atom. The first-order chi connectivity index (χ1) is 10.1. The van der Waals surface area contributed by atoms with Crippen molar-refractivity contribution in [1.29, 1.82) is 0 Å². The summed E-state index contributed by atoms with van der Waals surface area (Å²) in [6.45, 7) is 3.31. The van der Waals surface area contributed by atoms with Crippen LogP contribution in [0.3, 0.4) is 0 Å². The van der Waals surface area contributed by atoms with Crippen LogP contribution in [0.1, 0.15) is 37.3 Å². The Hall–Kier alpha value is -1.86. The van der Waals surface area contributed by atoms with Crippen molar-refractivity contribution in [2.75, 3.05) is 13.2 Å². The number of aliphatic hydroxyl groups is 1. The Labute approximate surface area is 124 Å². The number of rotatable bonds is 4. The van der Waals surface area contributed by atoms with Gasteiger partial charge in [-0.25, -0.2) is 4.39 Å². The number of amides is 1. The summed E-state index contributed by atoms with van der Waals surface area (Å²) < 4.78 is 13.4. The molecule has 0 aliphatic carbocycles. The lowest BCUT2D eigenvalue weighted by Gasteiger charge is -2.17. The van der Waals surface area contributed by atoms with E-state index >= 15 is 0 Å². The predicted octanol–water partition coefficient (Wildman–Crippen LogP) is 2.32. The fraction of sp³-hybridized carbons (Fsp3) is 0.471. The lowest BCUT2D eigenvalue weighted by atomic mass is 10.1. The second-order valence-corrected chi connectivity index (χ2v) is 5.33. The molecule has 2 rings (SSSR count). The molecule has 1 atom stereocenters. The minimum absolute atomic E-state index is 0.0135. The van der Waals surface area contributed by atoms with E-state index in [0.717, 1.165) is 18.5 Å². The fourth-order valence-electron chi connectivity index (χ4n) is 2.50. The molecule has 1 unspecified atom stereocenters. The van der Waals surface area contributed by atoms with Crippen LogP contribution in [0.4, 0.5) is 4.39 Å². The van der Waals surface area contributed by atoms with E-state index < -0.39 is 0 Å². The molecule has 112 valence electrons. The topological polar surface area (TPSA) is 40.5 Å². The van der Waals surface area contributed by atoms with E-state index in [2.05, 4.69) is 18.8 Å². The first-order valence-corrected chi connectivity index (χ1v) is 7.30. The average Bonchev–Trinajstić information content (AvgIpc) is 2.82. The van der Waals surface area contributed by atoms with Crippen LogP contribution in [0, 0.1) is 23.6 Å². The number of halogens is 1. The van der Waals surface area contributed by atoms with Crippen molar-refractivity contribution in [3.05, 3.63) is 35.1 Å². The third-order valence-corrected chi connectivity index (χ3v) is 3.76. The number of carbonyl (C=O) groups excluding carboxylic acids is 1. The van der Waals surface area contributed by atoms with Crippen molar-refractivity contribution in [2.24, 2.45) is 5.92 Å². The van der Waals surface area contributed by atoms with Crippen LogP contribution in [0.25, 0.3) is 0 Å². The monoisotopic (exact) mass is 289 g/mol. The van der Waals surface area contributed by atoms with Crippen LogP contribution in [-0.4, -0.2) is 29.1 Å². The molecule has 4 heteroatoms. The van der Waals surface area contributed by atoms with Gasteiger partial charge in [0.1, 0.15) is 5.82 Å². The molecule has 1 aliphatic heterocycles. The van der Waals surface area contributed by atoms with Crippen molar-refractivity contribution in [3.8, 4) is 11.8 Å². The molecule has 1 saturated heterocycles. The van der Waals surface area contributed by atoms with Gasteiger partial charge in [-0.1, -0.05) is 31.3 Å². The number of carbonyl (C=O) groups is 1. The van der Waals surface area contributed by atoms with E-state index in [1.165, 1.54) is 12.1 Å². The summed E-state index contributed by atoms with van der Waals surface area (Å²) in [5, 5.41) is 8.76. The number of benzene rings is 1. The SMILES string of the molecule is CCC1CC(=O)N(Cc2ccc(F)cc2C#CCCO)C1. The zero-order valence-corrected chi connectivity index (χ0v) is 12.2. The standard InChI is InChI=1S/C17H20FNO2/c1-2-13-9-17(21)19(11-13)12-15-6-7-16(18)10-14(15)5-3-4-8-20/h6-7,10,13,20H,2,4,8-9,11-12H2,1H3. The molecule has 21 heavy (non-hydrogen) atoms. The zero-order valence-electron chi connectivity index (χ0n) is 12.2. The molecule has 0 saturated carbocycles. The molecular weight excluding hydrogens is 269 g/mol. The summed E-state index contributed by atoms with van der Waals surface area (Å²) in [7, 11) is 0. The molecule has 1 heterocycles. The van der Waals surface area contributed by atoms with Crippen LogP contribution in [0.5, 0.6) is 0 Å². The first-order valence-electron chi connectivity index (χ1n) is 7.30. The van der Waals surface area contributed by atoms with E-state index in [-0.39, 0.29) is 18.3 Å². The van der Waals surface area contributed by atoms with Gasteiger partial charge < -0.3 is 10.0 Å². The van der Waals surface area contributed by atoms with Gasteiger partial charge >= 0.3 is 0 Å². The van der Waals surface area contributed by atoms with Crippen molar-refractivity contribution in [1.82, 2.24) is 4.90 Å². The Kier molecular flexibility index (Phi) is 5.35. The third kappa shape index (κ3) is 4.05. The third-order valence-electron chi connectivity index (χ3n) is 3.76. The van der Waals surface area contributed by atoms with Gasteiger partial charge in [0.05, 0.1) is 6.61 Å². The minimum atomic E-state index is -0.341. The van der Waals surface area contributed by atoms with Gasteiger partial charge in [-0.15, -0.1) is 0 Å². The first kappa shape index (κ1) is 15.5. The molecule has 1 aromatic carbocycles. The highest BCUT2D eigenvalue weighted by atomic mass is 19.1. The van der Waals surface area contributed by atoms with Crippen molar-refractivity contribution >= 4 is 5.91 Å². The highest BCUT2D eigenvalue weighted by Crippen LogP contribution is 2.23. The lowest BCUT2D eigenvalue weighted by Crippen LogP contribution is -2.25. The zero-order chi connectivity index (χ0) is 15.2. The molecule has 1 aromatic rings. The van der Waals surface area contributed by atoms with Gasteiger partial charge in [0, 0.05) is 31.5 Å². The maximum atomic E-state index is 13.4. The predicted molar refractivity (Wildman–Crippen MR) is 78.8 cm³/mol. The van der Waals surface area contributed by atoms with Crippen LogP contribution >= 0.6 is 0 Å². The van der Waals surface area contributed by atoms with Gasteiger partial charge in [0.15, 0.2) is 0 Å². The quantitative estimate of drug-likeness (QED) is 0.864. The van der Waals surface area contributed by atoms with E-state index in [1.807, 2.05) is 4.90 Å². The molecule has 0 bridgehead atoms. The van der Waals surface area contributed by atoms with Crippen LogP contribution in [0.2, 0.25) is 0 Å². The Balaban J connectivity index is 2.16. The normalized spacial score (nSPS) is 17.8. The number of aliphatic hydroxyl groups excluding tert-OH is 1. The number of hydrogen-bond acceptors (Lipinski definition) is 2. The van der Waals surface area contributed by atoms with Gasteiger partial charge in [0.25, 0.3) is 0 Å². The Morgan fingerprint density at radius 2 is 2.29 bits per heavy atom. The largest absolute Gasteiger partial charge is 0.395 e. The lowest BCUT2D eigenvalue weighted by molar-refractivity contribution is -0.128. The summed E-state index contributed by atoms with van der Waals surface area (Å²) >= 11 is 0. The van der Waals surface area contributed by atoms with E-state index in [0.29, 0.717) is 30.9 Å². The number of likely N-dealkylation sites (tertiary alicyclic amines) is 1. The van der Waals surface area contributed by atoms with Crippen molar-refractivity contribution < 1.29 is 14.3 Å². The summed E-state index contributed by atoms with van der Waals surface area (Å²) in [5.41, 5.74) is 1.45. The van der Waals surface area contributed by atoms with Crippen molar-refractivity contribution in [2.45, 2.75) is 32.7 Å². The van der Waals surface area contributed by atoms with Crippen LogP contribution in [-0.2, 0) is 11.3 Å². The highest BCUT2D eigenvalue weighted by Gasteiger charge is 2.28. The fourth-order valence-corrected chi connectivity index (χ4v) is 2.50. The maximum Gasteiger partial charge on any atom is 0.223 e. The molecule has 1 fully saturated rings. The molecule has 0 aromatic heterocycles. The Bertz CT molecular complexity index is 574. The molecule has 0 radical (unpaired) electrons. The number of nitrogens with zero attached hydrogens (tertiary/aromatic N) is 1. The average molecular weight is 289 g/mol. The van der Waals surface area contributed by atoms with Gasteiger partial charge in [0.2, 0.25) is 5.91 Å². The van der Waals surface area contributed by atoms with E-state index in [9.17, 15) is 9.18 Å². The molecule has 1 aliphatic rings. The molecular formula is C17H20FNO2. The summed E-state index contributed by atoms with van der Waals surface area (Å²) in [4.78, 5) is 13.8. The van der Waals surface area contributed by atoms with E-state index in [4.69, 9.17) is 5.11 Å². The van der Waals surface area contributed by atoms with Crippen LogP contribution < -0.4 is 0 Å². The number of hydrogen-bond donors (Lipinski definition) is 1.